The molecule has 2 N–H and O–H groups in total. The first kappa shape index (κ1) is 22.4. The summed E-state index contributed by atoms with van der Waals surface area (Å²) in [5, 5.41) is 4.61. The van der Waals surface area contributed by atoms with Crippen LogP contribution >= 0.6 is 0 Å². The lowest BCUT2D eigenvalue weighted by Gasteiger charge is -2.32. The maximum Gasteiger partial charge on any atom is 0.0931 e. The smallest absolute Gasteiger partial charge is 0.0931 e. The van der Waals surface area contributed by atoms with Crippen LogP contribution in [0.2, 0.25) is 0 Å². The average Bonchev–Trinajstić information content (AvgIpc) is 3.15. The van der Waals surface area contributed by atoms with E-state index in [1.54, 1.807) is 7.11 Å². The predicted octanol–water partition coefficient (Wildman–Crippen LogP) is 5.25. The second-order valence-electron chi connectivity index (χ2n) is 8.17. The van der Waals surface area contributed by atoms with Gasteiger partial charge >= 0.3 is 0 Å². The van der Waals surface area contributed by atoms with Crippen molar-refractivity contribution in [3.05, 3.63) is 65.6 Å². The van der Waals surface area contributed by atoms with Crippen LogP contribution in [0.15, 0.2) is 48.8 Å². The fourth-order valence-corrected chi connectivity index (χ4v) is 4.50. The Morgan fingerprint density at radius 1 is 1.33 bits per heavy atom. The van der Waals surface area contributed by atoms with E-state index in [4.69, 9.17) is 4.74 Å². The third-order valence-electron chi connectivity index (χ3n) is 6.29. The number of hydrogen-bond acceptors (Lipinski definition) is 3. The molecular formula is C26H37N3O. The predicted molar refractivity (Wildman–Crippen MR) is 129 cm³/mol. The number of hydrogen-bond donors (Lipinski definition) is 2. The summed E-state index contributed by atoms with van der Waals surface area (Å²) in [5.41, 5.74) is 6.33. The van der Waals surface area contributed by atoms with Crippen molar-refractivity contribution in [3.8, 4) is 0 Å². The Morgan fingerprint density at radius 2 is 2.10 bits per heavy atom. The number of fused-ring (bicyclic) bond motifs is 1. The van der Waals surface area contributed by atoms with Gasteiger partial charge in [-0.25, -0.2) is 0 Å². The lowest BCUT2D eigenvalue weighted by molar-refractivity contribution is 0.214. The number of nitrogens with zero attached hydrogens (tertiary/aromatic N) is 1. The molecule has 1 fully saturated rings. The molecule has 1 aromatic carbocycles. The lowest BCUT2D eigenvalue weighted by atomic mass is 9.88. The molecule has 0 spiro atoms. The third-order valence-corrected chi connectivity index (χ3v) is 6.29. The zero-order chi connectivity index (χ0) is 21.5. The SMILES string of the molecule is C=C/C=C(\C=C(/C)OC)c1[nH]c2ccc(C3CCN(CCNC)CC3)cc2c1CC. The van der Waals surface area contributed by atoms with Gasteiger partial charge < -0.3 is 19.9 Å². The van der Waals surface area contributed by atoms with Gasteiger partial charge in [0.2, 0.25) is 0 Å². The highest BCUT2D eigenvalue weighted by Crippen LogP contribution is 2.34. The molecule has 0 unspecified atom stereocenters. The van der Waals surface area contributed by atoms with E-state index in [2.05, 4.69) is 53.0 Å². The summed E-state index contributed by atoms with van der Waals surface area (Å²) in [6.07, 6.45) is 9.43. The van der Waals surface area contributed by atoms with Gasteiger partial charge in [0.05, 0.1) is 12.9 Å². The van der Waals surface area contributed by atoms with Crippen LogP contribution in [0, 0.1) is 0 Å². The standard InChI is InChI=1S/C26H37N3O/c1-6-8-22(17-19(3)30-5)26-23(7-2)24-18-21(9-10-25(24)28-26)20-11-14-29(15-12-20)16-13-27-4/h6,8-10,17-18,20,27-28H,1,7,11-16H2,2-5H3/b19-17+,22-8+. The monoisotopic (exact) mass is 407 g/mol. The minimum absolute atomic E-state index is 0.655. The molecule has 1 saturated heterocycles. The molecule has 1 aliphatic heterocycles. The molecule has 30 heavy (non-hydrogen) atoms. The molecule has 4 nitrogen and oxygen atoms in total. The van der Waals surface area contributed by atoms with E-state index in [1.807, 2.05) is 26.1 Å². The normalized spacial score (nSPS) is 16.9. The van der Waals surface area contributed by atoms with Gasteiger partial charge in [-0.3, -0.25) is 0 Å². The van der Waals surface area contributed by atoms with Crippen molar-refractivity contribution in [2.45, 2.75) is 39.0 Å². The van der Waals surface area contributed by atoms with Gasteiger partial charge in [0.1, 0.15) is 0 Å². The molecule has 0 atom stereocenters. The number of likely N-dealkylation sites (N-methyl/N-ethyl adjacent to an activating group) is 1. The molecular weight excluding hydrogens is 370 g/mol. The Morgan fingerprint density at radius 3 is 2.73 bits per heavy atom. The van der Waals surface area contributed by atoms with Crippen molar-refractivity contribution in [3.63, 3.8) is 0 Å². The van der Waals surface area contributed by atoms with Gasteiger partial charge in [0.15, 0.2) is 0 Å². The average molecular weight is 408 g/mol. The summed E-state index contributed by atoms with van der Waals surface area (Å²) in [5.74, 6) is 1.54. The fourth-order valence-electron chi connectivity index (χ4n) is 4.50. The molecule has 4 heteroatoms. The van der Waals surface area contributed by atoms with Gasteiger partial charge in [-0.05, 0) is 81.6 Å². The summed E-state index contributed by atoms with van der Waals surface area (Å²) in [4.78, 5) is 6.24. The zero-order valence-corrected chi connectivity index (χ0v) is 19.1. The van der Waals surface area contributed by atoms with Crippen LogP contribution in [0.1, 0.15) is 49.4 Å². The van der Waals surface area contributed by atoms with Crippen LogP contribution < -0.4 is 5.32 Å². The molecule has 2 aromatic rings. The van der Waals surface area contributed by atoms with E-state index in [0.29, 0.717) is 5.92 Å². The van der Waals surface area contributed by atoms with E-state index in [1.165, 1.54) is 53.7 Å². The second-order valence-corrected chi connectivity index (χ2v) is 8.17. The van der Waals surface area contributed by atoms with E-state index < -0.39 is 0 Å². The van der Waals surface area contributed by atoms with Gasteiger partial charge in [-0.15, -0.1) is 0 Å². The number of nitrogens with one attached hydrogen (secondary N) is 2. The minimum atomic E-state index is 0.655. The van der Waals surface area contributed by atoms with E-state index in [9.17, 15) is 0 Å². The Kier molecular flexibility index (Phi) is 7.94. The topological polar surface area (TPSA) is 40.3 Å². The van der Waals surface area contributed by atoms with Crippen LogP contribution in [0.4, 0.5) is 0 Å². The van der Waals surface area contributed by atoms with Gasteiger partial charge in [0, 0.05) is 35.3 Å². The van der Waals surface area contributed by atoms with Crippen molar-refractivity contribution < 1.29 is 4.74 Å². The van der Waals surface area contributed by atoms with Gasteiger partial charge in [-0.1, -0.05) is 31.7 Å². The number of H-pyrrole nitrogens is 1. The maximum atomic E-state index is 5.39. The molecule has 0 radical (unpaired) electrons. The van der Waals surface area contributed by atoms with Crippen LogP contribution in [0.5, 0.6) is 0 Å². The van der Waals surface area contributed by atoms with E-state index >= 15 is 0 Å². The van der Waals surface area contributed by atoms with Crippen LogP contribution in [0.25, 0.3) is 16.5 Å². The largest absolute Gasteiger partial charge is 0.501 e. The molecule has 1 aliphatic rings. The highest BCUT2D eigenvalue weighted by Gasteiger charge is 2.21. The van der Waals surface area contributed by atoms with Gasteiger partial charge in [0.25, 0.3) is 0 Å². The number of aromatic nitrogens is 1. The van der Waals surface area contributed by atoms with Crippen molar-refractivity contribution >= 4 is 16.5 Å². The van der Waals surface area contributed by atoms with Crippen LogP contribution in [0.3, 0.4) is 0 Å². The number of piperidine rings is 1. The molecule has 1 aromatic heterocycles. The molecule has 2 heterocycles. The second kappa shape index (κ2) is 10.6. The molecule has 3 rings (SSSR count). The Balaban J connectivity index is 1.90. The maximum absolute atomic E-state index is 5.39. The molecule has 162 valence electrons. The van der Waals surface area contributed by atoms with E-state index in [-0.39, 0.29) is 0 Å². The highest BCUT2D eigenvalue weighted by atomic mass is 16.5. The minimum Gasteiger partial charge on any atom is -0.501 e. The number of allylic oxidation sites excluding steroid dienone is 5. The van der Waals surface area contributed by atoms with Gasteiger partial charge in [-0.2, -0.15) is 0 Å². The first-order chi connectivity index (χ1) is 14.6. The third kappa shape index (κ3) is 5.05. The number of methoxy groups -OCH3 is 1. The number of likely N-dealkylation sites (tertiary alicyclic amines) is 1. The van der Waals surface area contributed by atoms with Crippen LogP contribution in [-0.2, 0) is 11.2 Å². The number of rotatable bonds is 9. The summed E-state index contributed by atoms with van der Waals surface area (Å²) < 4.78 is 5.39. The molecule has 0 aliphatic carbocycles. The fraction of sp³-hybridized carbons (Fsp3) is 0.462. The Labute approximate surface area is 181 Å². The highest BCUT2D eigenvalue weighted by molar-refractivity contribution is 5.92. The molecule has 0 saturated carbocycles. The molecule has 0 bridgehead atoms. The first-order valence-corrected chi connectivity index (χ1v) is 11.2. The Bertz CT molecular complexity index is 914. The summed E-state index contributed by atoms with van der Waals surface area (Å²) >= 11 is 0. The number of aryl methyl sites for hydroxylation is 1. The van der Waals surface area contributed by atoms with Crippen molar-refractivity contribution in [1.82, 2.24) is 15.2 Å². The van der Waals surface area contributed by atoms with Crippen LogP contribution in [-0.4, -0.2) is 50.2 Å². The number of aromatic amines is 1. The number of ether oxygens (including phenoxy) is 1. The molecule has 0 amide bonds. The number of benzene rings is 1. The summed E-state index contributed by atoms with van der Waals surface area (Å²) in [6.45, 7) is 12.7. The Hall–Kier alpha value is -2.30. The first-order valence-electron chi connectivity index (χ1n) is 11.2. The zero-order valence-electron chi connectivity index (χ0n) is 19.1. The summed E-state index contributed by atoms with van der Waals surface area (Å²) in [6, 6.07) is 7.02. The summed E-state index contributed by atoms with van der Waals surface area (Å²) in [7, 11) is 3.74. The van der Waals surface area contributed by atoms with Crippen molar-refractivity contribution in [2.75, 3.05) is 40.3 Å². The van der Waals surface area contributed by atoms with Crippen molar-refractivity contribution in [2.24, 2.45) is 0 Å². The lowest BCUT2D eigenvalue weighted by Crippen LogP contribution is -2.37. The van der Waals surface area contributed by atoms with E-state index in [0.717, 1.165) is 30.8 Å². The quantitative estimate of drug-likeness (QED) is 0.441. The van der Waals surface area contributed by atoms with Crippen molar-refractivity contribution in [1.29, 1.82) is 0 Å².